The Morgan fingerprint density at radius 2 is 1.78 bits per heavy atom. The third-order valence-electron chi connectivity index (χ3n) is 3.49. The van der Waals surface area contributed by atoms with Crippen molar-refractivity contribution < 1.29 is 9.53 Å². The minimum Gasteiger partial charge on any atom is -0.494 e. The number of halogens is 1. The molecule has 0 aliphatic rings. The fraction of sp³-hybridized carbons (Fsp3) is 0.611. The van der Waals surface area contributed by atoms with Crippen molar-refractivity contribution in [3.63, 3.8) is 0 Å². The zero-order valence-electron chi connectivity index (χ0n) is 14.6. The van der Waals surface area contributed by atoms with Crippen molar-refractivity contribution in [3.8, 4) is 5.75 Å². The Kier molecular flexibility index (Phi) is 10.7. The van der Waals surface area contributed by atoms with Gasteiger partial charge in [-0.3, -0.25) is 4.79 Å². The number of rotatable bonds is 9. The van der Waals surface area contributed by atoms with Gasteiger partial charge in [-0.25, -0.2) is 0 Å². The van der Waals surface area contributed by atoms with Crippen LogP contribution in [0.15, 0.2) is 24.3 Å². The van der Waals surface area contributed by atoms with Gasteiger partial charge in [0.05, 0.1) is 6.61 Å². The smallest absolute Gasteiger partial charge is 0.220 e. The van der Waals surface area contributed by atoms with Gasteiger partial charge in [-0.15, -0.1) is 12.4 Å². The quantitative estimate of drug-likeness (QED) is 0.676. The molecule has 23 heavy (non-hydrogen) atoms. The summed E-state index contributed by atoms with van der Waals surface area (Å²) in [6.45, 7) is 8.52. The van der Waals surface area contributed by atoms with E-state index in [-0.39, 0.29) is 23.7 Å². The molecule has 1 aromatic carbocycles. The molecule has 0 bridgehead atoms. The normalized spacial score (nSPS) is 10.8. The van der Waals surface area contributed by atoms with Crippen molar-refractivity contribution >= 4 is 18.3 Å². The number of unbranched alkanes of at least 4 members (excludes halogenated alkanes) is 1. The molecule has 0 aliphatic heterocycles. The molecule has 0 saturated heterocycles. The molecule has 0 aliphatic carbocycles. The van der Waals surface area contributed by atoms with E-state index in [1.165, 1.54) is 5.56 Å². The highest BCUT2D eigenvalue weighted by molar-refractivity contribution is 5.85. The van der Waals surface area contributed by atoms with Gasteiger partial charge in [0, 0.05) is 13.0 Å². The molecule has 0 aromatic heterocycles. The number of ether oxygens (including phenoxy) is 1. The first-order chi connectivity index (χ1) is 10.4. The van der Waals surface area contributed by atoms with Crippen LogP contribution in [-0.2, 0) is 10.2 Å². The van der Waals surface area contributed by atoms with E-state index < -0.39 is 0 Å². The molecule has 1 amide bonds. The summed E-state index contributed by atoms with van der Waals surface area (Å²) in [5.74, 6) is 0.944. The Hall–Kier alpha value is -1.26. The van der Waals surface area contributed by atoms with Crippen LogP contribution in [0.2, 0.25) is 0 Å². The highest BCUT2D eigenvalue weighted by Gasteiger charge is 2.12. The summed E-state index contributed by atoms with van der Waals surface area (Å²) in [7, 11) is 0. The van der Waals surface area contributed by atoms with Crippen LogP contribution < -0.4 is 15.8 Å². The van der Waals surface area contributed by atoms with Crippen LogP contribution in [-0.4, -0.2) is 25.6 Å². The average molecular weight is 343 g/mol. The molecule has 0 fully saturated rings. The van der Waals surface area contributed by atoms with Crippen LogP contribution in [0.4, 0.5) is 0 Å². The van der Waals surface area contributed by atoms with Crippen LogP contribution in [0.25, 0.3) is 0 Å². The Bertz CT molecular complexity index is 441. The molecule has 0 unspecified atom stereocenters. The topological polar surface area (TPSA) is 64.3 Å². The molecule has 1 aromatic rings. The van der Waals surface area contributed by atoms with Crippen LogP contribution in [0.3, 0.4) is 0 Å². The molecular weight excluding hydrogens is 312 g/mol. The Morgan fingerprint density at radius 1 is 1.13 bits per heavy atom. The summed E-state index contributed by atoms with van der Waals surface area (Å²) in [6, 6.07) is 8.18. The zero-order valence-corrected chi connectivity index (χ0v) is 15.4. The molecule has 1 rings (SSSR count). The van der Waals surface area contributed by atoms with Gasteiger partial charge in [-0.1, -0.05) is 32.9 Å². The maximum atomic E-state index is 11.6. The third-order valence-corrected chi connectivity index (χ3v) is 3.49. The summed E-state index contributed by atoms with van der Waals surface area (Å²) in [4.78, 5) is 11.6. The van der Waals surface area contributed by atoms with E-state index in [0.29, 0.717) is 26.1 Å². The number of nitrogens with one attached hydrogen (secondary N) is 1. The molecular formula is C18H31ClN2O2. The molecule has 0 saturated carbocycles. The summed E-state index contributed by atoms with van der Waals surface area (Å²) in [5.41, 5.74) is 6.84. The highest BCUT2D eigenvalue weighted by Crippen LogP contribution is 2.24. The van der Waals surface area contributed by atoms with Crippen molar-refractivity contribution in [1.29, 1.82) is 0 Å². The molecule has 5 heteroatoms. The summed E-state index contributed by atoms with van der Waals surface area (Å²) < 4.78 is 5.67. The van der Waals surface area contributed by atoms with Crippen molar-refractivity contribution in [1.82, 2.24) is 5.32 Å². The van der Waals surface area contributed by atoms with Crippen molar-refractivity contribution in [3.05, 3.63) is 29.8 Å². The fourth-order valence-corrected chi connectivity index (χ4v) is 2.06. The van der Waals surface area contributed by atoms with Crippen LogP contribution in [0, 0.1) is 0 Å². The van der Waals surface area contributed by atoms with E-state index in [2.05, 4.69) is 38.2 Å². The van der Waals surface area contributed by atoms with Crippen molar-refractivity contribution in [2.75, 3.05) is 19.7 Å². The van der Waals surface area contributed by atoms with Crippen LogP contribution >= 0.6 is 12.4 Å². The number of carbonyl (C=O) groups excluding carboxylic acids is 1. The van der Waals surface area contributed by atoms with E-state index in [1.54, 1.807) is 0 Å². The number of benzene rings is 1. The maximum Gasteiger partial charge on any atom is 0.220 e. The second kappa shape index (κ2) is 11.3. The fourth-order valence-electron chi connectivity index (χ4n) is 2.06. The minimum absolute atomic E-state index is 0. The molecule has 0 heterocycles. The predicted molar refractivity (Wildman–Crippen MR) is 98.4 cm³/mol. The largest absolute Gasteiger partial charge is 0.494 e. The van der Waals surface area contributed by atoms with Gasteiger partial charge in [-0.05, 0) is 48.9 Å². The lowest BCUT2D eigenvalue weighted by Crippen LogP contribution is -2.25. The van der Waals surface area contributed by atoms with E-state index in [4.69, 9.17) is 10.5 Å². The van der Waals surface area contributed by atoms with E-state index in [0.717, 1.165) is 25.0 Å². The standard InChI is InChI=1S/C18H30N2O2.ClH/c1-18(2,3)15-8-10-16(11-9-15)22-14-6-7-17(21)20-13-5-4-12-19;/h8-11H,4-7,12-14,19H2,1-3H3,(H,20,21);1H. The summed E-state index contributed by atoms with van der Waals surface area (Å²) in [5, 5.41) is 2.89. The second-order valence-corrected chi connectivity index (χ2v) is 6.57. The van der Waals surface area contributed by atoms with E-state index in [9.17, 15) is 4.79 Å². The number of hydrogen-bond acceptors (Lipinski definition) is 3. The lowest BCUT2D eigenvalue weighted by molar-refractivity contribution is -0.121. The first-order valence-corrected chi connectivity index (χ1v) is 8.13. The predicted octanol–water partition coefficient (Wildman–Crippen LogP) is 3.42. The van der Waals surface area contributed by atoms with Gasteiger partial charge in [0.15, 0.2) is 0 Å². The maximum absolute atomic E-state index is 11.6. The van der Waals surface area contributed by atoms with E-state index in [1.807, 2.05) is 12.1 Å². The Labute approximate surface area is 146 Å². The molecule has 0 spiro atoms. The highest BCUT2D eigenvalue weighted by atomic mass is 35.5. The van der Waals surface area contributed by atoms with Crippen LogP contribution in [0.5, 0.6) is 5.75 Å². The summed E-state index contributed by atoms with van der Waals surface area (Å²) >= 11 is 0. The van der Waals surface area contributed by atoms with E-state index >= 15 is 0 Å². The van der Waals surface area contributed by atoms with Gasteiger partial charge < -0.3 is 15.8 Å². The Balaban J connectivity index is 0.00000484. The molecule has 0 atom stereocenters. The number of nitrogens with two attached hydrogens (primary N) is 1. The third kappa shape index (κ3) is 9.47. The van der Waals surface area contributed by atoms with Gasteiger partial charge in [0.1, 0.15) is 5.75 Å². The second-order valence-electron chi connectivity index (χ2n) is 6.57. The lowest BCUT2D eigenvalue weighted by atomic mass is 9.87. The summed E-state index contributed by atoms with van der Waals surface area (Å²) in [6.07, 6.45) is 3.12. The molecule has 0 radical (unpaired) electrons. The number of carbonyl (C=O) groups is 1. The molecule has 4 nitrogen and oxygen atoms in total. The number of amides is 1. The first kappa shape index (κ1) is 21.7. The minimum atomic E-state index is 0. The lowest BCUT2D eigenvalue weighted by Gasteiger charge is -2.19. The Morgan fingerprint density at radius 3 is 2.35 bits per heavy atom. The number of hydrogen-bond donors (Lipinski definition) is 2. The SMILES string of the molecule is CC(C)(C)c1ccc(OCCCC(=O)NCCCCN)cc1.Cl. The van der Waals surface area contributed by atoms with Gasteiger partial charge in [-0.2, -0.15) is 0 Å². The first-order valence-electron chi connectivity index (χ1n) is 8.13. The zero-order chi connectivity index (χ0) is 16.4. The average Bonchev–Trinajstić information content (AvgIpc) is 2.48. The van der Waals surface area contributed by atoms with Gasteiger partial charge >= 0.3 is 0 Å². The van der Waals surface area contributed by atoms with Gasteiger partial charge in [0.25, 0.3) is 0 Å². The monoisotopic (exact) mass is 342 g/mol. The van der Waals surface area contributed by atoms with Crippen molar-refractivity contribution in [2.24, 2.45) is 5.73 Å². The van der Waals surface area contributed by atoms with Crippen molar-refractivity contribution in [2.45, 2.75) is 51.9 Å². The molecule has 3 N–H and O–H groups in total. The molecule has 132 valence electrons. The van der Waals surface area contributed by atoms with Crippen LogP contribution in [0.1, 0.15) is 52.0 Å². The van der Waals surface area contributed by atoms with Gasteiger partial charge in [0.2, 0.25) is 5.91 Å².